The van der Waals surface area contributed by atoms with Gasteiger partial charge in [-0.3, -0.25) is 4.79 Å². The topological polar surface area (TPSA) is 76.1 Å². The molecule has 3 aromatic rings. The summed E-state index contributed by atoms with van der Waals surface area (Å²) in [7, 11) is -3.23. The number of halogens is 1. The highest BCUT2D eigenvalue weighted by Crippen LogP contribution is 2.31. The Morgan fingerprint density at radius 1 is 1.23 bits per heavy atom. The number of aryl methyl sites for hydroxylation is 1. The lowest BCUT2D eigenvalue weighted by Crippen LogP contribution is -2.14. The molecule has 0 aliphatic carbocycles. The standard InChI is InChI=1S/C18H17ClN2O3S2/c1-3-26(23,24)14-6-4-12(5-7-14)9-16(22)20-18-21-17-11(2)8-13(19)10-15(17)25-18/h4-8,10H,3,9H2,1-2H3,(H,20,21,22). The molecule has 0 unspecified atom stereocenters. The molecule has 8 heteroatoms. The van der Waals surface area contributed by atoms with E-state index in [0.29, 0.717) is 10.2 Å². The van der Waals surface area contributed by atoms with Crippen molar-refractivity contribution in [1.82, 2.24) is 4.98 Å². The van der Waals surface area contributed by atoms with Gasteiger partial charge in [0.1, 0.15) is 0 Å². The first-order chi connectivity index (χ1) is 12.3. The Morgan fingerprint density at radius 2 is 1.92 bits per heavy atom. The average Bonchev–Trinajstić information content (AvgIpc) is 2.97. The monoisotopic (exact) mass is 408 g/mol. The number of hydrogen-bond acceptors (Lipinski definition) is 5. The van der Waals surface area contributed by atoms with E-state index in [4.69, 9.17) is 11.6 Å². The molecular weight excluding hydrogens is 392 g/mol. The third-order valence-electron chi connectivity index (χ3n) is 3.92. The third kappa shape index (κ3) is 4.06. The summed E-state index contributed by atoms with van der Waals surface area (Å²) in [5.74, 6) is -0.160. The van der Waals surface area contributed by atoms with Crippen molar-refractivity contribution < 1.29 is 13.2 Å². The molecule has 0 fully saturated rings. The number of benzene rings is 2. The summed E-state index contributed by atoms with van der Waals surface area (Å²) < 4.78 is 24.5. The SMILES string of the molecule is CCS(=O)(=O)c1ccc(CC(=O)Nc2nc3c(C)cc(Cl)cc3s2)cc1. The molecule has 0 saturated heterocycles. The van der Waals surface area contributed by atoms with Crippen LogP contribution in [0, 0.1) is 6.92 Å². The first-order valence-electron chi connectivity index (χ1n) is 7.96. The molecule has 1 N–H and O–H groups in total. The van der Waals surface area contributed by atoms with Crippen molar-refractivity contribution in [2.75, 3.05) is 11.1 Å². The van der Waals surface area contributed by atoms with Gasteiger partial charge in [0.2, 0.25) is 5.91 Å². The van der Waals surface area contributed by atoms with Gasteiger partial charge in [0.05, 0.1) is 27.3 Å². The Bertz CT molecular complexity index is 1070. The molecule has 5 nitrogen and oxygen atoms in total. The summed E-state index contributed by atoms with van der Waals surface area (Å²) in [5, 5.41) is 3.94. The molecule has 3 rings (SSSR count). The van der Waals surface area contributed by atoms with E-state index in [0.717, 1.165) is 21.3 Å². The van der Waals surface area contributed by atoms with Crippen LogP contribution in [0.1, 0.15) is 18.1 Å². The molecule has 136 valence electrons. The lowest BCUT2D eigenvalue weighted by Gasteiger charge is -2.04. The minimum Gasteiger partial charge on any atom is -0.302 e. The van der Waals surface area contributed by atoms with E-state index >= 15 is 0 Å². The number of carbonyl (C=O) groups is 1. The van der Waals surface area contributed by atoms with Crippen LogP contribution in [0.25, 0.3) is 10.2 Å². The maximum Gasteiger partial charge on any atom is 0.230 e. The smallest absolute Gasteiger partial charge is 0.230 e. The Kier molecular flexibility index (Phi) is 5.32. The van der Waals surface area contributed by atoms with E-state index in [1.165, 1.54) is 23.5 Å². The molecule has 0 atom stereocenters. The van der Waals surface area contributed by atoms with E-state index < -0.39 is 9.84 Å². The van der Waals surface area contributed by atoms with Crippen LogP contribution >= 0.6 is 22.9 Å². The molecule has 0 aliphatic rings. The number of fused-ring (bicyclic) bond motifs is 1. The van der Waals surface area contributed by atoms with Crippen LogP contribution < -0.4 is 5.32 Å². The average molecular weight is 409 g/mol. The molecule has 0 radical (unpaired) electrons. The number of aromatic nitrogens is 1. The molecule has 1 heterocycles. The summed E-state index contributed by atoms with van der Waals surface area (Å²) in [6, 6.07) is 10.0. The Morgan fingerprint density at radius 3 is 2.58 bits per heavy atom. The van der Waals surface area contributed by atoms with Gasteiger partial charge in [0, 0.05) is 5.02 Å². The van der Waals surface area contributed by atoms with E-state index in [-0.39, 0.29) is 23.0 Å². The predicted octanol–water partition coefficient (Wildman–Crippen LogP) is 4.23. The van der Waals surface area contributed by atoms with Crippen LogP contribution in [0.15, 0.2) is 41.3 Å². The van der Waals surface area contributed by atoms with Gasteiger partial charge in [-0.05, 0) is 42.3 Å². The minimum absolute atomic E-state index is 0.0495. The Labute approximate surface area is 160 Å². The van der Waals surface area contributed by atoms with Crippen LogP contribution in [-0.4, -0.2) is 25.1 Å². The van der Waals surface area contributed by atoms with Crippen molar-refractivity contribution in [3.05, 3.63) is 52.5 Å². The molecule has 26 heavy (non-hydrogen) atoms. The van der Waals surface area contributed by atoms with Crippen molar-refractivity contribution >= 4 is 54.0 Å². The molecule has 0 saturated carbocycles. The maximum absolute atomic E-state index is 12.3. The first-order valence-corrected chi connectivity index (χ1v) is 10.8. The fourth-order valence-electron chi connectivity index (χ4n) is 2.54. The van der Waals surface area contributed by atoms with Gasteiger partial charge in [-0.25, -0.2) is 13.4 Å². The van der Waals surface area contributed by atoms with Gasteiger partial charge in [-0.1, -0.05) is 42.0 Å². The second kappa shape index (κ2) is 7.34. The Balaban J connectivity index is 1.72. The van der Waals surface area contributed by atoms with Gasteiger partial charge in [0.15, 0.2) is 15.0 Å². The highest BCUT2D eigenvalue weighted by molar-refractivity contribution is 7.91. The molecule has 2 aromatic carbocycles. The van der Waals surface area contributed by atoms with Crippen molar-refractivity contribution in [1.29, 1.82) is 0 Å². The molecule has 0 spiro atoms. The Hall–Kier alpha value is -1.96. The van der Waals surface area contributed by atoms with Gasteiger partial charge in [-0.15, -0.1) is 0 Å². The van der Waals surface area contributed by atoms with Crippen molar-refractivity contribution in [2.24, 2.45) is 0 Å². The van der Waals surface area contributed by atoms with Crippen LogP contribution in [0.2, 0.25) is 5.02 Å². The maximum atomic E-state index is 12.3. The van der Waals surface area contributed by atoms with Crippen LogP contribution in [0.5, 0.6) is 0 Å². The fourth-order valence-corrected chi connectivity index (χ4v) is 4.76. The summed E-state index contributed by atoms with van der Waals surface area (Å²) in [5.41, 5.74) is 2.51. The molecule has 1 amide bonds. The zero-order valence-corrected chi connectivity index (χ0v) is 16.6. The molecule has 1 aromatic heterocycles. The minimum atomic E-state index is -3.23. The zero-order chi connectivity index (χ0) is 18.9. The highest BCUT2D eigenvalue weighted by atomic mass is 35.5. The van der Waals surface area contributed by atoms with E-state index in [2.05, 4.69) is 10.3 Å². The second-order valence-corrected chi connectivity index (χ2v) is 9.61. The normalized spacial score (nSPS) is 11.7. The second-order valence-electron chi connectivity index (χ2n) is 5.86. The summed E-state index contributed by atoms with van der Waals surface area (Å²) in [6.45, 7) is 3.52. The summed E-state index contributed by atoms with van der Waals surface area (Å²) in [6.07, 6.45) is 0.141. The third-order valence-corrected chi connectivity index (χ3v) is 6.81. The number of nitrogens with one attached hydrogen (secondary N) is 1. The van der Waals surface area contributed by atoms with Gasteiger partial charge in [-0.2, -0.15) is 0 Å². The largest absolute Gasteiger partial charge is 0.302 e. The number of hydrogen-bond donors (Lipinski definition) is 1. The van der Waals surface area contributed by atoms with Gasteiger partial charge in [0.25, 0.3) is 0 Å². The van der Waals surface area contributed by atoms with E-state index in [1.807, 2.05) is 19.1 Å². The van der Waals surface area contributed by atoms with Crippen LogP contribution in [0.3, 0.4) is 0 Å². The number of amides is 1. The fraction of sp³-hybridized carbons (Fsp3) is 0.222. The predicted molar refractivity (Wildman–Crippen MR) is 106 cm³/mol. The van der Waals surface area contributed by atoms with Gasteiger partial charge < -0.3 is 5.32 Å². The summed E-state index contributed by atoms with van der Waals surface area (Å²) >= 11 is 7.42. The van der Waals surface area contributed by atoms with Crippen molar-refractivity contribution in [2.45, 2.75) is 25.2 Å². The lowest BCUT2D eigenvalue weighted by molar-refractivity contribution is -0.115. The molecular formula is C18H17ClN2O3S2. The van der Waals surface area contributed by atoms with Crippen LogP contribution in [0.4, 0.5) is 5.13 Å². The molecule has 0 aliphatic heterocycles. The van der Waals surface area contributed by atoms with Crippen molar-refractivity contribution in [3.8, 4) is 0 Å². The molecule has 0 bridgehead atoms. The van der Waals surface area contributed by atoms with E-state index in [9.17, 15) is 13.2 Å². The quantitative estimate of drug-likeness (QED) is 0.685. The van der Waals surface area contributed by atoms with Crippen molar-refractivity contribution in [3.63, 3.8) is 0 Å². The van der Waals surface area contributed by atoms with Gasteiger partial charge >= 0.3 is 0 Å². The van der Waals surface area contributed by atoms with Crippen LogP contribution in [-0.2, 0) is 21.1 Å². The number of carbonyl (C=O) groups excluding carboxylic acids is 1. The number of nitrogens with zero attached hydrogens (tertiary/aromatic N) is 1. The number of anilines is 1. The summed E-state index contributed by atoms with van der Waals surface area (Å²) in [4.78, 5) is 17.0. The number of rotatable bonds is 5. The first kappa shape index (κ1) is 18.8. The zero-order valence-electron chi connectivity index (χ0n) is 14.2. The number of thiazole rings is 1. The number of sulfone groups is 1. The lowest BCUT2D eigenvalue weighted by atomic mass is 10.1. The highest BCUT2D eigenvalue weighted by Gasteiger charge is 2.13. The van der Waals surface area contributed by atoms with E-state index in [1.54, 1.807) is 19.1 Å².